The van der Waals surface area contributed by atoms with E-state index in [0.29, 0.717) is 11.3 Å². The van der Waals surface area contributed by atoms with Gasteiger partial charge in [0.25, 0.3) is 0 Å². The predicted octanol–water partition coefficient (Wildman–Crippen LogP) is 3.56. The summed E-state index contributed by atoms with van der Waals surface area (Å²) in [5.41, 5.74) is 0.646. The highest BCUT2D eigenvalue weighted by Gasteiger charge is 2.19. The van der Waals surface area contributed by atoms with Gasteiger partial charge in [-0.2, -0.15) is 8.42 Å². The van der Waals surface area contributed by atoms with Crippen LogP contribution in [0, 0.1) is 12.7 Å². The number of ether oxygens (including phenoxy) is 1. The van der Waals surface area contributed by atoms with Crippen molar-refractivity contribution in [3.05, 3.63) is 52.8 Å². The van der Waals surface area contributed by atoms with Gasteiger partial charge in [-0.15, -0.1) is 0 Å². The van der Waals surface area contributed by atoms with Crippen molar-refractivity contribution in [2.75, 3.05) is 7.11 Å². The molecule has 0 radical (unpaired) electrons. The second-order valence-corrected chi connectivity index (χ2v) is 6.20. The quantitative estimate of drug-likeness (QED) is 0.804. The molecule has 0 aliphatic heterocycles. The first-order chi connectivity index (χ1) is 9.83. The third kappa shape index (κ3) is 3.46. The van der Waals surface area contributed by atoms with Crippen molar-refractivity contribution in [3.63, 3.8) is 0 Å². The van der Waals surface area contributed by atoms with E-state index < -0.39 is 15.9 Å². The van der Waals surface area contributed by atoms with Crippen molar-refractivity contribution in [3.8, 4) is 11.5 Å². The van der Waals surface area contributed by atoms with Crippen molar-refractivity contribution >= 4 is 21.7 Å². The van der Waals surface area contributed by atoms with Crippen molar-refractivity contribution in [2.24, 2.45) is 0 Å². The van der Waals surface area contributed by atoms with Gasteiger partial charge in [-0.1, -0.05) is 11.6 Å². The lowest BCUT2D eigenvalue weighted by Gasteiger charge is -2.10. The largest absolute Gasteiger partial charge is 0.496 e. The summed E-state index contributed by atoms with van der Waals surface area (Å²) >= 11 is 5.75. The summed E-state index contributed by atoms with van der Waals surface area (Å²) in [5, 5.41) is -0.121. The molecule has 2 aromatic rings. The van der Waals surface area contributed by atoms with Gasteiger partial charge in [0.15, 0.2) is 5.75 Å². The Kier molecular flexibility index (Phi) is 4.39. The summed E-state index contributed by atoms with van der Waals surface area (Å²) in [7, 11) is -2.57. The summed E-state index contributed by atoms with van der Waals surface area (Å²) in [6.45, 7) is 1.71. The first-order valence-electron chi connectivity index (χ1n) is 5.87. The van der Waals surface area contributed by atoms with Crippen LogP contribution in [-0.4, -0.2) is 15.5 Å². The molecule has 0 fully saturated rings. The molecule has 0 amide bonds. The van der Waals surface area contributed by atoms with E-state index >= 15 is 0 Å². The van der Waals surface area contributed by atoms with Crippen molar-refractivity contribution in [2.45, 2.75) is 11.8 Å². The van der Waals surface area contributed by atoms with Crippen molar-refractivity contribution < 1.29 is 21.7 Å². The summed E-state index contributed by atoms with van der Waals surface area (Å²) in [5.74, 6) is -0.148. The molecule has 0 heterocycles. The zero-order valence-corrected chi connectivity index (χ0v) is 12.8. The molecule has 0 unspecified atom stereocenters. The Morgan fingerprint density at radius 2 is 1.76 bits per heavy atom. The normalized spacial score (nSPS) is 11.2. The Bertz CT molecular complexity index is 775. The number of rotatable bonds is 4. The maximum Gasteiger partial charge on any atom is 0.339 e. The van der Waals surface area contributed by atoms with Gasteiger partial charge >= 0.3 is 10.1 Å². The zero-order valence-electron chi connectivity index (χ0n) is 11.3. The molecule has 0 bridgehead atoms. The molecule has 2 rings (SSSR count). The SMILES string of the molecule is COc1ccc(S(=O)(=O)Oc2ccc(F)cc2Cl)cc1C. The van der Waals surface area contributed by atoms with Gasteiger partial charge in [-0.05, 0) is 48.9 Å². The Balaban J connectivity index is 2.36. The lowest BCUT2D eigenvalue weighted by atomic mass is 10.2. The van der Waals surface area contributed by atoms with Gasteiger partial charge in [0.05, 0.1) is 12.1 Å². The third-order valence-corrected chi connectivity index (χ3v) is 4.27. The van der Waals surface area contributed by atoms with E-state index in [1.165, 1.54) is 25.3 Å². The van der Waals surface area contributed by atoms with Gasteiger partial charge in [-0.25, -0.2) is 4.39 Å². The third-order valence-electron chi connectivity index (χ3n) is 2.75. The summed E-state index contributed by atoms with van der Waals surface area (Å²) < 4.78 is 47.3. The van der Waals surface area contributed by atoms with Crippen LogP contribution in [0.15, 0.2) is 41.3 Å². The van der Waals surface area contributed by atoms with Gasteiger partial charge in [0, 0.05) is 0 Å². The number of halogens is 2. The molecule has 21 heavy (non-hydrogen) atoms. The maximum atomic E-state index is 12.9. The van der Waals surface area contributed by atoms with E-state index in [4.69, 9.17) is 20.5 Å². The van der Waals surface area contributed by atoms with E-state index in [2.05, 4.69) is 0 Å². The van der Waals surface area contributed by atoms with Crippen LogP contribution in [0.2, 0.25) is 5.02 Å². The van der Waals surface area contributed by atoms with Gasteiger partial charge in [0.2, 0.25) is 0 Å². The average molecular weight is 331 g/mol. The molecular weight excluding hydrogens is 319 g/mol. The van der Waals surface area contributed by atoms with E-state index in [1.807, 2.05) is 0 Å². The number of hydrogen-bond donors (Lipinski definition) is 0. The van der Waals surface area contributed by atoms with Crippen LogP contribution in [0.1, 0.15) is 5.56 Å². The lowest BCUT2D eigenvalue weighted by Crippen LogP contribution is -2.10. The number of benzene rings is 2. The predicted molar refractivity (Wildman–Crippen MR) is 77.0 cm³/mol. The summed E-state index contributed by atoms with van der Waals surface area (Å²) in [4.78, 5) is -0.0406. The second kappa shape index (κ2) is 5.91. The fourth-order valence-electron chi connectivity index (χ4n) is 1.72. The maximum absolute atomic E-state index is 12.9. The van der Waals surface area contributed by atoms with Crippen LogP contribution in [0.4, 0.5) is 4.39 Å². The highest BCUT2D eigenvalue weighted by atomic mass is 35.5. The summed E-state index contributed by atoms with van der Waals surface area (Å²) in [6.07, 6.45) is 0. The molecule has 0 aliphatic carbocycles. The number of hydrogen-bond acceptors (Lipinski definition) is 4. The fraction of sp³-hybridized carbons (Fsp3) is 0.143. The molecule has 112 valence electrons. The van der Waals surface area contributed by atoms with Gasteiger partial charge in [0.1, 0.15) is 16.5 Å². The first-order valence-corrected chi connectivity index (χ1v) is 7.66. The van der Waals surface area contributed by atoms with Crippen LogP contribution >= 0.6 is 11.6 Å². The highest BCUT2D eigenvalue weighted by Crippen LogP contribution is 2.29. The van der Waals surface area contributed by atoms with Crippen LogP contribution in [0.25, 0.3) is 0 Å². The second-order valence-electron chi connectivity index (χ2n) is 4.24. The molecule has 0 saturated heterocycles. The number of methoxy groups -OCH3 is 1. The Labute approximate surface area is 127 Å². The van der Waals surface area contributed by atoms with Gasteiger partial charge in [-0.3, -0.25) is 0 Å². The molecule has 0 saturated carbocycles. The molecule has 4 nitrogen and oxygen atoms in total. The highest BCUT2D eigenvalue weighted by molar-refractivity contribution is 7.87. The minimum Gasteiger partial charge on any atom is -0.496 e. The van der Waals surface area contributed by atoms with Crippen LogP contribution in [-0.2, 0) is 10.1 Å². The van der Waals surface area contributed by atoms with Crippen LogP contribution < -0.4 is 8.92 Å². The molecule has 0 N–H and O–H groups in total. The van der Waals surface area contributed by atoms with E-state index in [-0.39, 0.29) is 15.7 Å². The van der Waals surface area contributed by atoms with Crippen LogP contribution in [0.5, 0.6) is 11.5 Å². The smallest absolute Gasteiger partial charge is 0.339 e. The van der Waals surface area contributed by atoms with E-state index in [0.717, 1.165) is 18.2 Å². The standard InChI is InChI=1S/C14H12ClFO4S/c1-9-7-11(4-6-13(9)19-2)21(17,18)20-14-5-3-10(16)8-12(14)15/h3-8H,1-2H3. The van der Waals surface area contributed by atoms with Crippen molar-refractivity contribution in [1.29, 1.82) is 0 Å². The molecule has 0 spiro atoms. The molecule has 2 aromatic carbocycles. The fourth-order valence-corrected chi connectivity index (χ4v) is 3.00. The topological polar surface area (TPSA) is 52.6 Å². The van der Waals surface area contributed by atoms with E-state index in [9.17, 15) is 12.8 Å². The summed E-state index contributed by atoms with van der Waals surface area (Å²) in [6, 6.07) is 7.51. The van der Waals surface area contributed by atoms with Gasteiger partial charge < -0.3 is 8.92 Å². The zero-order chi connectivity index (χ0) is 15.6. The molecule has 0 aromatic heterocycles. The first kappa shape index (κ1) is 15.6. The Morgan fingerprint density at radius 3 is 2.33 bits per heavy atom. The van der Waals surface area contributed by atoms with Crippen LogP contribution in [0.3, 0.4) is 0 Å². The Morgan fingerprint density at radius 1 is 1.10 bits per heavy atom. The average Bonchev–Trinajstić information content (AvgIpc) is 2.42. The molecule has 0 atom stereocenters. The minimum atomic E-state index is -4.06. The molecule has 7 heteroatoms. The monoisotopic (exact) mass is 330 g/mol. The lowest BCUT2D eigenvalue weighted by molar-refractivity contribution is 0.411. The Hall–Kier alpha value is -1.79. The van der Waals surface area contributed by atoms with E-state index in [1.54, 1.807) is 6.92 Å². The molecule has 0 aliphatic rings. The number of aryl methyl sites for hydroxylation is 1. The minimum absolute atomic E-state index is 0.0406. The van der Waals surface area contributed by atoms with Crippen molar-refractivity contribution in [1.82, 2.24) is 0 Å². The molecular formula is C14H12ClFO4S.